The van der Waals surface area contributed by atoms with Crippen LogP contribution < -0.4 is 5.73 Å². The number of pyridine rings is 1. The van der Waals surface area contributed by atoms with Crippen LogP contribution in [0.5, 0.6) is 0 Å². The molecule has 4 nitrogen and oxygen atoms in total. The molecule has 0 aliphatic carbocycles. The molecule has 2 rings (SSSR count). The number of nitrogens with zero attached hydrogens (tertiary/aromatic N) is 3. The lowest BCUT2D eigenvalue weighted by molar-refractivity contribution is 0.194. The molecule has 0 radical (unpaired) electrons. The zero-order chi connectivity index (χ0) is 13.1. The molecule has 1 aromatic rings. The van der Waals surface area contributed by atoms with Crippen LogP contribution in [0, 0.1) is 5.82 Å². The Kier molecular flexibility index (Phi) is 4.27. The fraction of sp³-hybridized carbons (Fsp3) is 0.615. The van der Waals surface area contributed by atoms with E-state index < -0.39 is 0 Å². The van der Waals surface area contributed by atoms with Gasteiger partial charge in [-0.2, -0.15) is 0 Å². The van der Waals surface area contributed by atoms with Gasteiger partial charge in [0.15, 0.2) is 0 Å². The fourth-order valence-corrected chi connectivity index (χ4v) is 2.56. The molecule has 18 heavy (non-hydrogen) atoms. The molecule has 2 heterocycles. The zero-order valence-electron chi connectivity index (χ0n) is 11.0. The van der Waals surface area contributed by atoms with Gasteiger partial charge in [0.1, 0.15) is 5.82 Å². The first-order valence-electron chi connectivity index (χ1n) is 6.33. The van der Waals surface area contributed by atoms with Crippen molar-refractivity contribution >= 4 is 0 Å². The highest BCUT2D eigenvalue weighted by Crippen LogP contribution is 2.22. The first-order valence-corrected chi connectivity index (χ1v) is 6.33. The molecule has 2 unspecified atom stereocenters. The van der Waals surface area contributed by atoms with Gasteiger partial charge in [-0.3, -0.25) is 4.98 Å². The van der Waals surface area contributed by atoms with E-state index in [-0.39, 0.29) is 17.9 Å². The molecule has 2 atom stereocenters. The van der Waals surface area contributed by atoms with Gasteiger partial charge in [-0.15, -0.1) is 0 Å². The van der Waals surface area contributed by atoms with Gasteiger partial charge in [0.2, 0.25) is 0 Å². The molecular weight excluding hydrogens is 231 g/mol. The van der Waals surface area contributed by atoms with E-state index in [4.69, 9.17) is 5.73 Å². The Labute approximate surface area is 108 Å². The minimum Gasteiger partial charge on any atom is -0.323 e. The number of likely N-dealkylation sites (N-methyl/N-ethyl adjacent to an activating group) is 2. The van der Waals surface area contributed by atoms with Crippen LogP contribution in [0.4, 0.5) is 4.39 Å². The molecule has 1 fully saturated rings. The third-order valence-corrected chi connectivity index (χ3v) is 3.69. The summed E-state index contributed by atoms with van der Waals surface area (Å²) in [5, 5.41) is 0. The molecule has 0 aromatic carbocycles. The van der Waals surface area contributed by atoms with Crippen LogP contribution in [-0.2, 0) is 0 Å². The van der Waals surface area contributed by atoms with Crippen molar-refractivity contribution in [1.82, 2.24) is 14.8 Å². The molecule has 0 amide bonds. The lowest BCUT2D eigenvalue weighted by Gasteiger charge is -2.32. The standard InChI is InChI=1S/C13H21FN4/c1-17-6-3-7-18(2)12(9-17)13(15)10-4-5-16-8-11(10)14/h4-5,8,12-13H,3,6-7,9,15H2,1-2H3. The second-order valence-corrected chi connectivity index (χ2v) is 5.09. The molecule has 0 saturated carbocycles. The van der Waals surface area contributed by atoms with E-state index in [9.17, 15) is 4.39 Å². The summed E-state index contributed by atoms with van der Waals surface area (Å²) in [6, 6.07) is 1.49. The third-order valence-electron chi connectivity index (χ3n) is 3.69. The Morgan fingerprint density at radius 2 is 2.22 bits per heavy atom. The Bertz CT molecular complexity index is 398. The van der Waals surface area contributed by atoms with E-state index in [1.165, 1.54) is 6.20 Å². The number of nitrogens with two attached hydrogens (primary N) is 1. The summed E-state index contributed by atoms with van der Waals surface area (Å²) >= 11 is 0. The van der Waals surface area contributed by atoms with Crippen LogP contribution >= 0.6 is 0 Å². The van der Waals surface area contributed by atoms with Crippen molar-refractivity contribution in [2.24, 2.45) is 5.73 Å². The van der Waals surface area contributed by atoms with Gasteiger partial charge in [0.05, 0.1) is 6.20 Å². The summed E-state index contributed by atoms with van der Waals surface area (Å²) < 4.78 is 13.7. The van der Waals surface area contributed by atoms with Crippen LogP contribution in [0.25, 0.3) is 0 Å². The van der Waals surface area contributed by atoms with E-state index in [2.05, 4.69) is 28.9 Å². The molecule has 1 aromatic heterocycles. The summed E-state index contributed by atoms with van der Waals surface area (Å²) in [6.07, 6.45) is 3.95. The molecule has 5 heteroatoms. The van der Waals surface area contributed by atoms with Gasteiger partial charge in [-0.25, -0.2) is 4.39 Å². The molecule has 0 spiro atoms. The molecule has 0 bridgehead atoms. The van der Waals surface area contributed by atoms with Crippen molar-refractivity contribution in [2.45, 2.75) is 18.5 Å². The molecule has 2 N–H and O–H groups in total. The Morgan fingerprint density at radius 1 is 1.44 bits per heavy atom. The highest BCUT2D eigenvalue weighted by molar-refractivity contribution is 5.19. The van der Waals surface area contributed by atoms with Crippen molar-refractivity contribution in [1.29, 1.82) is 0 Å². The topological polar surface area (TPSA) is 45.4 Å². The van der Waals surface area contributed by atoms with Crippen molar-refractivity contribution in [3.8, 4) is 0 Å². The number of hydrogen-bond donors (Lipinski definition) is 1. The van der Waals surface area contributed by atoms with E-state index in [0.717, 1.165) is 26.1 Å². The SMILES string of the molecule is CN1CCCN(C)C(C(N)c2ccncc2F)C1. The quantitative estimate of drug-likeness (QED) is 0.848. The van der Waals surface area contributed by atoms with E-state index in [1.54, 1.807) is 12.3 Å². The summed E-state index contributed by atoms with van der Waals surface area (Å²) in [4.78, 5) is 8.26. The normalized spacial score (nSPS) is 24.8. The van der Waals surface area contributed by atoms with Crippen LogP contribution in [0.15, 0.2) is 18.5 Å². The van der Waals surface area contributed by atoms with Gasteiger partial charge in [0, 0.05) is 30.4 Å². The average Bonchev–Trinajstić information content (AvgIpc) is 2.51. The predicted molar refractivity (Wildman–Crippen MR) is 69.7 cm³/mol. The third kappa shape index (κ3) is 2.85. The highest BCUT2D eigenvalue weighted by atomic mass is 19.1. The summed E-state index contributed by atoms with van der Waals surface area (Å²) in [5.41, 5.74) is 6.81. The van der Waals surface area contributed by atoms with Crippen LogP contribution in [0.2, 0.25) is 0 Å². The fourth-order valence-electron chi connectivity index (χ4n) is 2.56. The summed E-state index contributed by atoms with van der Waals surface area (Å²) in [6.45, 7) is 2.92. The Balaban J connectivity index is 2.20. The predicted octanol–water partition coefficient (Wildman–Crippen LogP) is 0.856. The second kappa shape index (κ2) is 5.73. The second-order valence-electron chi connectivity index (χ2n) is 5.09. The minimum absolute atomic E-state index is 0.134. The largest absolute Gasteiger partial charge is 0.323 e. The number of hydrogen-bond acceptors (Lipinski definition) is 4. The first kappa shape index (κ1) is 13.4. The van der Waals surface area contributed by atoms with E-state index >= 15 is 0 Å². The maximum Gasteiger partial charge on any atom is 0.146 e. The number of aromatic nitrogens is 1. The Hall–Kier alpha value is -1.04. The number of rotatable bonds is 2. The maximum atomic E-state index is 13.7. The van der Waals surface area contributed by atoms with Gasteiger partial charge >= 0.3 is 0 Å². The lowest BCUT2D eigenvalue weighted by Crippen LogP contribution is -2.45. The zero-order valence-corrected chi connectivity index (χ0v) is 11.0. The van der Waals surface area contributed by atoms with Crippen molar-refractivity contribution < 1.29 is 4.39 Å². The van der Waals surface area contributed by atoms with Crippen molar-refractivity contribution in [2.75, 3.05) is 33.7 Å². The average molecular weight is 252 g/mol. The van der Waals surface area contributed by atoms with Crippen molar-refractivity contribution in [3.05, 3.63) is 29.8 Å². The van der Waals surface area contributed by atoms with E-state index in [0.29, 0.717) is 5.56 Å². The number of halogens is 1. The molecule has 1 aliphatic heterocycles. The van der Waals surface area contributed by atoms with Crippen LogP contribution in [-0.4, -0.2) is 54.6 Å². The van der Waals surface area contributed by atoms with Crippen LogP contribution in [0.1, 0.15) is 18.0 Å². The lowest BCUT2D eigenvalue weighted by atomic mass is 9.99. The highest BCUT2D eigenvalue weighted by Gasteiger charge is 2.28. The molecular formula is C13H21FN4. The van der Waals surface area contributed by atoms with E-state index in [1.807, 2.05) is 0 Å². The summed E-state index contributed by atoms with van der Waals surface area (Å²) in [5.74, 6) is -0.315. The van der Waals surface area contributed by atoms with Crippen molar-refractivity contribution in [3.63, 3.8) is 0 Å². The maximum absolute atomic E-state index is 13.7. The first-order chi connectivity index (χ1) is 8.59. The molecule has 1 saturated heterocycles. The van der Waals surface area contributed by atoms with Gasteiger partial charge in [-0.1, -0.05) is 0 Å². The molecule has 100 valence electrons. The van der Waals surface area contributed by atoms with Gasteiger partial charge in [-0.05, 0) is 39.7 Å². The minimum atomic E-state index is -0.321. The van der Waals surface area contributed by atoms with Crippen LogP contribution in [0.3, 0.4) is 0 Å². The molecule has 1 aliphatic rings. The monoisotopic (exact) mass is 252 g/mol. The summed E-state index contributed by atoms with van der Waals surface area (Å²) in [7, 11) is 4.14. The van der Waals surface area contributed by atoms with Gasteiger partial charge < -0.3 is 15.5 Å². The smallest absolute Gasteiger partial charge is 0.146 e. The van der Waals surface area contributed by atoms with Gasteiger partial charge in [0.25, 0.3) is 0 Å². The Morgan fingerprint density at radius 3 is 2.94 bits per heavy atom.